The minimum absolute atomic E-state index is 0.689. The van der Waals surface area contributed by atoms with Crippen LogP contribution in [0.3, 0.4) is 0 Å². The summed E-state index contributed by atoms with van der Waals surface area (Å²) in [6.45, 7) is 2.92. The van der Waals surface area contributed by atoms with E-state index in [0.29, 0.717) is 6.04 Å². The normalized spacial score (nSPS) is 18.2. The quantitative estimate of drug-likeness (QED) is 0.826. The minimum Gasteiger partial charge on any atom is -0.360 e. The number of hydrogen-bond donors (Lipinski definition) is 1. The van der Waals surface area contributed by atoms with E-state index >= 15 is 0 Å². The lowest BCUT2D eigenvalue weighted by Crippen LogP contribution is -2.30. The van der Waals surface area contributed by atoms with E-state index in [9.17, 15) is 0 Å². The van der Waals surface area contributed by atoms with Crippen molar-refractivity contribution in [2.24, 2.45) is 0 Å². The molecule has 15 heavy (non-hydrogen) atoms. The molecule has 1 fully saturated rings. The molecule has 0 saturated heterocycles. The van der Waals surface area contributed by atoms with Crippen molar-refractivity contribution in [1.29, 1.82) is 0 Å². The summed E-state index contributed by atoms with van der Waals surface area (Å²) in [5.41, 5.74) is 1.05. The molecule has 3 heteroatoms. The first-order chi connectivity index (χ1) is 7.38. The van der Waals surface area contributed by atoms with Gasteiger partial charge in [0.1, 0.15) is 0 Å². The predicted octanol–water partition coefficient (Wildman–Crippen LogP) is 2.66. The van der Waals surface area contributed by atoms with E-state index in [0.717, 1.165) is 24.4 Å². The van der Waals surface area contributed by atoms with Gasteiger partial charge in [-0.25, -0.2) is 0 Å². The lowest BCUT2D eigenvalue weighted by atomic mass is 9.95. The second-order valence-corrected chi connectivity index (χ2v) is 4.35. The fourth-order valence-electron chi connectivity index (χ4n) is 2.16. The number of aromatic nitrogens is 1. The Balaban J connectivity index is 1.76. The molecule has 1 aliphatic rings. The third-order valence-electron chi connectivity index (χ3n) is 3.14. The molecule has 1 aromatic heterocycles. The Labute approximate surface area is 91.2 Å². The van der Waals surface area contributed by atoms with Crippen molar-refractivity contribution in [1.82, 2.24) is 10.5 Å². The molecular formula is C12H20N2O. The number of hydrogen-bond acceptors (Lipinski definition) is 3. The van der Waals surface area contributed by atoms with Gasteiger partial charge in [-0.15, -0.1) is 0 Å². The van der Waals surface area contributed by atoms with Gasteiger partial charge in [0, 0.05) is 12.1 Å². The van der Waals surface area contributed by atoms with Gasteiger partial charge in [-0.05, 0) is 19.3 Å². The van der Waals surface area contributed by atoms with Crippen LogP contribution in [0.4, 0.5) is 0 Å². The molecule has 84 valence electrons. The Morgan fingerprint density at radius 1 is 1.40 bits per heavy atom. The summed E-state index contributed by atoms with van der Waals surface area (Å²) in [5.74, 6) is 0.970. The zero-order chi connectivity index (χ0) is 10.5. The Kier molecular flexibility index (Phi) is 3.78. The van der Waals surface area contributed by atoms with E-state index < -0.39 is 0 Å². The van der Waals surface area contributed by atoms with E-state index in [2.05, 4.69) is 23.5 Å². The second kappa shape index (κ2) is 5.31. The maximum atomic E-state index is 5.23. The highest BCUT2D eigenvalue weighted by molar-refractivity contribution is 5.04. The van der Waals surface area contributed by atoms with Gasteiger partial charge in [0.05, 0.1) is 12.2 Å². The van der Waals surface area contributed by atoms with Gasteiger partial charge in [0.25, 0.3) is 0 Å². The highest BCUT2D eigenvalue weighted by Gasteiger charge is 2.13. The van der Waals surface area contributed by atoms with Crippen LogP contribution in [-0.2, 0) is 13.0 Å². The van der Waals surface area contributed by atoms with Crippen molar-refractivity contribution in [3.8, 4) is 0 Å². The Bertz CT molecular complexity index is 290. The van der Waals surface area contributed by atoms with Crippen molar-refractivity contribution >= 4 is 0 Å². The van der Waals surface area contributed by atoms with Crippen molar-refractivity contribution in [2.75, 3.05) is 0 Å². The van der Waals surface area contributed by atoms with E-state index in [1.54, 1.807) is 0 Å². The molecule has 1 heterocycles. The molecule has 0 amide bonds. The molecule has 3 nitrogen and oxygen atoms in total. The third kappa shape index (κ3) is 3.06. The van der Waals surface area contributed by atoms with Gasteiger partial charge in [-0.2, -0.15) is 0 Å². The van der Waals surface area contributed by atoms with Crippen LogP contribution in [0.25, 0.3) is 0 Å². The van der Waals surface area contributed by atoms with Crippen LogP contribution in [0.15, 0.2) is 10.6 Å². The molecule has 0 radical (unpaired) electrons. The smallest absolute Gasteiger partial charge is 0.150 e. The van der Waals surface area contributed by atoms with E-state index in [1.165, 1.54) is 32.1 Å². The average Bonchev–Trinajstić information content (AvgIpc) is 2.76. The SMILES string of the molecule is CCc1cc(CNC2CCCCC2)on1. The zero-order valence-electron chi connectivity index (χ0n) is 9.46. The van der Waals surface area contributed by atoms with Gasteiger partial charge in [-0.1, -0.05) is 31.3 Å². The molecule has 0 atom stereocenters. The van der Waals surface area contributed by atoms with Gasteiger partial charge >= 0.3 is 0 Å². The first kappa shape index (κ1) is 10.7. The van der Waals surface area contributed by atoms with Crippen LogP contribution in [-0.4, -0.2) is 11.2 Å². The van der Waals surface area contributed by atoms with E-state index in [1.807, 2.05) is 0 Å². The molecule has 0 spiro atoms. The summed E-state index contributed by atoms with van der Waals surface area (Å²) < 4.78 is 5.23. The van der Waals surface area contributed by atoms with Crippen molar-refractivity contribution in [3.63, 3.8) is 0 Å². The highest BCUT2D eigenvalue weighted by atomic mass is 16.5. The number of aryl methyl sites for hydroxylation is 1. The molecule has 1 aromatic rings. The first-order valence-electron chi connectivity index (χ1n) is 6.06. The molecule has 2 rings (SSSR count). The largest absolute Gasteiger partial charge is 0.360 e. The molecule has 0 unspecified atom stereocenters. The Morgan fingerprint density at radius 3 is 2.87 bits per heavy atom. The maximum Gasteiger partial charge on any atom is 0.150 e. The van der Waals surface area contributed by atoms with Crippen LogP contribution in [0.1, 0.15) is 50.5 Å². The van der Waals surface area contributed by atoms with Crippen molar-refractivity contribution in [3.05, 3.63) is 17.5 Å². The summed E-state index contributed by atoms with van der Waals surface area (Å²) in [5, 5.41) is 7.52. The van der Waals surface area contributed by atoms with Crippen molar-refractivity contribution < 1.29 is 4.52 Å². The predicted molar refractivity (Wildman–Crippen MR) is 59.6 cm³/mol. The van der Waals surface area contributed by atoms with Crippen LogP contribution < -0.4 is 5.32 Å². The summed E-state index contributed by atoms with van der Waals surface area (Å²) >= 11 is 0. The molecule has 0 aromatic carbocycles. The molecule has 0 bridgehead atoms. The third-order valence-corrected chi connectivity index (χ3v) is 3.14. The maximum absolute atomic E-state index is 5.23. The molecule has 1 aliphatic carbocycles. The number of nitrogens with zero attached hydrogens (tertiary/aromatic N) is 1. The van der Waals surface area contributed by atoms with Crippen LogP contribution >= 0.6 is 0 Å². The minimum atomic E-state index is 0.689. The highest BCUT2D eigenvalue weighted by Crippen LogP contribution is 2.17. The fraction of sp³-hybridized carbons (Fsp3) is 0.750. The summed E-state index contributed by atoms with van der Waals surface area (Å²) in [6, 6.07) is 2.74. The number of rotatable bonds is 4. The fourth-order valence-corrected chi connectivity index (χ4v) is 2.16. The topological polar surface area (TPSA) is 38.1 Å². The molecule has 1 N–H and O–H groups in total. The zero-order valence-corrected chi connectivity index (χ0v) is 9.46. The molecular weight excluding hydrogens is 188 g/mol. The second-order valence-electron chi connectivity index (χ2n) is 4.35. The Hall–Kier alpha value is -0.830. The summed E-state index contributed by atoms with van der Waals surface area (Å²) in [6.07, 6.45) is 7.72. The van der Waals surface area contributed by atoms with Crippen LogP contribution in [0.5, 0.6) is 0 Å². The lowest BCUT2D eigenvalue weighted by molar-refractivity contribution is 0.330. The average molecular weight is 208 g/mol. The summed E-state index contributed by atoms with van der Waals surface area (Å²) in [4.78, 5) is 0. The van der Waals surface area contributed by atoms with Crippen molar-refractivity contribution in [2.45, 2.75) is 58.0 Å². The number of nitrogens with one attached hydrogen (secondary N) is 1. The lowest BCUT2D eigenvalue weighted by Gasteiger charge is -2.22. The molecule has 0 aliphatic heterocycles. The monoisotopic (exact) mass is 208 g/mol. The van der Waals surface area contributed by atoms with E-state index in [-0.39, 0.29) is 0 Å². The Morgan fingerprint density at radius 2 is 2.20 bits per heavy atom. The van der Waals surface area contributed by atoms with Gasteiger partial charge in [0.2, 0.25) is 0 Å². The van der Waals surface area contributed by atoms with Gasteiger partial charge in [-0.3, -0.25) is 0 Å². The summed E-state index contributed by atoms with van der Waals surface area (Å²) in [7, 11) is 0. The standard InChI is InChI=1S/C12H20N2O/c1-2-10-8-12(15-14-10)9-13-11-6-4-3-5-7-11/h8,11,13H,2-7,9H2,1H3. The first-order valence-corrected chi connectivity index (χ1v) is 6.06. The van der Waals surface area contributed by atoms with E-state index in [4.69, 9.17) is 4.52 Å². The molecule has 1 saturated carbocycles. The van der Waals surface area contributed by atoms with Crippen LogP contribution in [0, 0.1) is 0 Å². The van der Waals surface area contributed by atoms with Gasteiger partial charge < -0.3 is 9.84 Å². The van der Waals surface area contributed by atoms with Crippen LogP contribution in [0.2, 0.25) is 0 Å². The van der Waals surface area contributed by atoms with Gasteiger partial charge in [0.15, 0.2) is 5.76 Å².